The number of benzene rings is 1. The summed E-state index contributed by atoms with van der Waals surface area (Å²) < 4.78 is 0.978. The zero-order valence-electron chi connectivity index (χ0n) is 20.4. The first-order valence-electron chi connectivity index (χ1n) is 12.5. The standard InChI is InChI=1S/C27H27ClN4O4S/c1-27(26(35)36)12-17(13-30-27)31-8-2-3-15-9-16(28)10-20(24(15)31)19-6-7-29-21-11-18(37-25(19)21)14-32-22(33)4-5-23(32)34/h6-7,9-11,17,30H,2-5,8,12-14H2,1H3,(H,35,36)/t17-,27+/m0/s1. The number of imide groups is 1. The van der Waals surface area contributed by atoms with E-state index >= 15 is 0 Å². The summed E-state index contributed by atoms with van der Waals surface area (Å²) in [6.45, 7) is 3.45. The minimum Gasteiger partial charge on any atom is -0.480 e. The van der Waals surface area contributed by atoms with E-state index < -0.39 is 11.5 Å². The van der Waals surface area contributed by atoms with E-state index in [2.05, 4.69) is 15.2 Å². The molecule has 2 aromatic heterocycles. The van der Waals surface area contributed by atoms with Crippen LogP contribution in [0.3, 0.4) is 0 Å². The molecular formula is C27H27ClN4O4S. The first-order chi connectivity index (χ1) is 17.7. The highest BCUT2D eigenvalue weighted by molar-refractivity contribution is 7.19. The lowest BCUT2D eigenvalue weighted by Gasteiger charge is -2.38. The monoisotopic (exact) mass is 538 g/mol. The number of fused-ring (bicyclic) bond motifs is 2. The molecule has 5 heterocycles. The molecule has 0 bridgehead atoms. The van der Waals surface area contributed by atoms with Gasteiger partial charge in [-0.1, -0.05) is 11.6 Å². The molecule has 192 valence electrons. The second-order valence-electron chi connectivity index (χ2n) is 10.3. The molecular weight excluding hydrogens is 512 g/mol. The van der Waals surface area contributed by atoms with Crippen LogP contribution in [0.2, 0.25) is 5.02 Å². The van der Waals surface area contributed by atoms with Gasteiger partial charge in [0.1, 0.15) is 5.54 Å². The Hall–Kier alpha value is -3.01. The zero-order valence-corrected chi connectivity index (χ0v) is 22.0. The maximum absolute atomic E-state index is 12.2. The number of aliphatic carboxylic acids is 1. The van der Waals surface area contributed by atoms with Gasteiger partial charge >= 0.3 is 5.97 Å². The van der Waals surface area contributed by atoms with Gasteiger partial charge in [-0.15, -0.1) is 11.3 Å². The Labute approximate surface area is 223 Å². The van der Waals surface area contributed by atoms with E-state index in [-0.39, 0.29) is 37.2 Å². The number of carbonyl (C=O) groups is 3. The topological polar surface area (TPSA) is 103 Å². The number of carboxylic acid groups (broad SMARTS) is 1. The molecule has 8 nitrogen and oxygen atoms in total. The maximum atomic E-state index is 12.2. The van der Waals surface area contributed by atoms with Gasteiger partial charge in [0.2, 0.25) is 11.8 Å². The predicted molar refractivity (Wildman–Crippen MR) is 143 cm³/mol. The van der Waals surface area contributed by atoms with Gasteiger partial charge in [0.15, 0.2) is 0 Å². The fraction of sp³-hybridized carbons (Fsp3) is 0.407. The number of nitrogens with zero attached hydrogens (tertiary/aromatic N) is 3. The van der Waals surface area contributed by atoms with Gasteiger partial charge < -0.3 is 10.0 Å². The van der Waals surface area contributed by atoms with Crippen molar-refractivity contribution in [3.05, 3.63) is 45.9 Å². The minimum atomic E-state index is -0.952. The van der Waals surface area contributed by atoms with E-state index in [1.165, 1.54) is 4.90 Å². The number of anilines is 1. The van der Waals surface area contributed by atoms with Gasteiger partial charge in [-0.2, -0.15) is 0 Å². The van der Waals surface area contributed by atoms with E-state index in [1.807, 2.05) is 24.3 Å². The fourth-order valence-electron chi connectivity index (χ4n) is 5.88. The largest absolute Gasteiger partial charge is 0.480 e. The van der Waals surface area contributed by atoms with Crippen LogP contribution in [0.15, 0.2) is 30.5 Å². The number of aryl methyl sites for hydroxylation is 1. The first-order valence-corrected chi connectivity index (χ1v) is 13.7. The van der Waals surface area contributed by atoms with Gasteiger partial charge in [-0.05, 0) is 56.0 Å². The Bertz CT molecular complexity index is 1440. The van der Waals surface area contributed by atoms with E-state index in [0.29, 0.717) is 18.0 Å². The number of rotatable bonds is 5. The van der Waals surface area contributed by atoms with Crippen LogP contribution in [0.4, 0.5) is 5.69 Å². The number of carbonyl (C=O) groups excluding carboxylic acids is 2. The Balaban J connectivity index is 1.43. The molecule has 3 aromatic rings. The number of halogens is 1. The third kappa shape index (κ3) is 4.19. The molecule has 6 rings (SSSR count). The highest BCUT2D eigenvalue weighted by atomic mass is 35.5. The molecule has 3 aliphatic heterocycles. The molecule has 2 fully saturated rings. The van der Waals surface area contributed by atoms with Gasteiger partial charge in [-0.25, -0.2) is 0 Å². The highest BCUT2D eigenvalue weighted by Gasteiger charge is 2.44. The Morgan fingerprint density at radius 3 is 2.73 bits per heavy atom. The summed E-state index contributed by atoms with van der Waals surface area (Å²) >= 11 is 8.17. The van der Waals surface area contributed by atoms with Crippen LogP contribution >= 0.6 is 22.9 Å². The van der Waals surface area contributed by atoms with Crippen molar-refractivity contribution in [2.45, 2.75) is 57.2 Å². The van der Waals surface area contributed by atoms with Crippen LogP contribution in [-0.2, 0) is 27.3 Å². The molecule has 2 atom stereocenters. The number of aromatic nitrogens is 1. The van der Waals surface area contributed by atoms with Crippen molar-refractivity contribution < 1.29 is 19.5 Å². The Kier molecular flexibility index (Phi) is 5.97. The first kappa shape index (κ1) is 24.3. The van der Waals surface area contributed by atoms with Crippen molar-refractivity contribution in [2.24, 2.45) is 0 Å². The highest BCUT2D eigenvalue weighted by Crippen LogP contribution is 2.45. The Morgan fingerprint density at radius 2 is 2.00 bits per heavy atom. The van der Waals surface area contributed by atoms with Crippen molar-refractivity contribution in [1.82, 2.24) is 15.2 Å². The molecule has 1 aromatic carbocycles. The SMILES string of the molecule is C[C@]1(C(=O)O)C[C@H](N2CCCc3cc(Cl)cc(-c4ccnc5cc(CN6C(=O)CCC6=O)sc45)c32)CN1. The van der Waals surface area contributed by atoms with Crippen molar-refractivity contribution in [1.29, 1.82) is 0 Å². The average molecular weight is 539 g/mol. The summed E-state index contributed by atoms with van der Waals surface area (Å²) in [5, 5.41) is 13.6. The molecule has 37 heavy (non-hydrogen) atoms. The number of thiophene rings is 1. The molecule has 0 radical (unpaired) electrons. The molecule has 0 aliphatic carbocycles. The molecule has 0 saturated carbocycles. The van der Waals surface area contributed by atoms with Gasteiger partial charge in [0.25, 0.3) is 0 Å². The number of likely N-dealkylation sites (tertiary alicyclic amines) is 1. The summed E-state index contributed by atoms with van der Waals surface area (Å²) in [4.78, 5) is 45.4. The van der Waals surface area contributed by atoms with Crippen LogP contribution in [0.5, 0.6) is 0 Å². The summed E-state index contributed by atoms with van der Waals surface area (Å²) in [5.41, 5.74) is 4.12. The lowest BCUT2D eigenvalue weighted by atomic mass is 9.91. The van der Waals surface area contributed by atoms with E-state index in [9.17, 15) is 19.5 Å². The van der Waals surface area contributed by atoms with Gasteiger partial charge in [0.05, 0.1) is 16.8 Å². The Morgan fingerprint density at radius 1 is 1.22 bits per heavy atom. The van der Waals surface area contributed by atoms with Crippen molar-refractivity contribution in [2.75, 3.05) is 18.0 Å². The van der Waals surface area contributed by atoms with Crippen molar-refractivity contribution in [3.8, 4) is 11.1 Å². The van der Waals surface area contributed by atoms with E-state index in [1.54, 1.807) is 24.5 Å². The molecule has 10 heteroatoms. The lowest BCUT2D eigenvalue weighted by molar-refractivity contribution is -0.143. The lowest BCUT2D eigenvalue weighted by Crippen LogP contribution is -2.44. The molecule has 2 saturated heterocycles. The summed E-state index contributed by atoms with van der Waals surface area (Å²) in [6, 6.07) is 7.99. The van der Waals surface area contributed by atoms with Crippen LogP contribution in [-0.4, -0.2) is 57.4 Å². The fourth-order valence-corrected chi connectivity index (χ4v) is 7.25. The maximum Gasteiger partial charge on any atom is 0.323 e. The summed E-state index contributed by atoms with van der Waals surface area (Å²) in [5.74, 6) is -1.09. The molecule has 3 aliphatic rings. The second-order valence-corrected chi connectivity index (χ2v) is 11.9. The second kappa shape index (κ2) is 9.08. The number of hydrogen-bond donors (Lipinski definition) is 2. The molecule has 0 spiro atoms. The third-order valence-electron chi connectivity index (χ3n) is 7.79. The third-order valence-corrected chi connectivity index (χ3v) is 9.15. The van der Waals surface area contributed by atoms with Crippen LogP contribution < -0.4 is 10.2 Å². The molecule has 2 N–H and O–H groups in total. The summed E-state index contributed by atoms with van der Waals surface area (Å²) in [6.07, 6.45) is 4.71. The van der Waals surface area contributed by atoms with Crippen molar-refractivity contribution >= 4 is 56.6 Å². The number of carboxylic acids is 1. The average Bonchev–Trinajstić information content (AvgIpc) is 3.56. The van der Waals surface area contributed by atoms with E-state index in [0.717, 1.165) is 56.9 Å². The van der Waals surface area contributed by atoms with Crippen molar-refractivity contribution in [3.63, 3.8) is 0 Å². The van der Waals surface area contributed by atoms with Crippen LogP contribution in [0.25, 0.3) is 21.3 Å². The minimum absolute atomic E-state index is 0.0449. The van der Waals surface area contributed by atoms with Crippen LogP contribution in [0.1, 0.15) is 43.0 Å². The zero-order chi connectivity index (χ0) is 25.9. The summed E-state index contributed by atoms with van der Waals surface area (Å²) in [7, 11) is 0. The number of nitrogens with one attached hydrogen (secondary N) is 1. The smallest absolute Gasteiger partial charge is 0.323 e. The number of hydrogen-bond acceptors (Lipinski definition) is 7. The van der Waals surface area contributed by atoms with Crippen LogP contribution in [0, 0.1) is 0 Å². The number of amides is 2. The number of pyridine rings is 1. The molecule has 2 amide bonds. The van der Waals surface area contributed by atoms with E-state index in [4.69, 9.17) is 11.6 Å². The van der Waals surface area contributed by atoms with Gasteiger partial charge in [-0.3, -0.25) is 29.6 Å². The van der Waals surface area contributed by atoms with Gasteiger partial charge in [0, 0.05) is 64.9 Å². The quantitative estimate of drug-likeness (QED) is 0.469. The molecule has 0 unspecified atom stereocenters. The normalized spacial score (nSPS) is 23.8. The predicted octanol–water partition coefficient (Wildman–Crippen LogP) is 4.22.